The minimum Gasteiger partial charge on any atom is -0.340 e. The van der Waals surface area contributed by atoms with Crippen LogP contribution in [0.15, 0.2) is 0 Å². The van der Waals surface area contributed by atoms with E-state index in [4.69, 9.17) is 5.73 Å². The standard InChI is InChI=1S/C15H30N2O/c1-3-4-5-6-7-8-9-15(18)17-12-14(11-16)10-13(17)2/h13-14H,3-12,16H2,1-2H3. The Bertz CT molecular complexity index is 243. The second kappa shape index (κ2) is 8.52. The van der Waals surface area contributed by atoms with Gasteiger partial charge in [0, 0.05) is 19.0 Å². The van der Waals surface area contributed by atoms with Gasteiger partial charge in [0.05, 0.1) is 0 Å². The van der Waals surface area contributed by atoms with Crippen molar-refractivity contribution in [1.29, 1.82) is 0 Å². The van der Waals surface area contributed by atoms with Gasteiger partial charge >= 0.3 is 0 Å². The quantitative estimate of drug-likeness (QED) is 0.677. The first-order valence-corrected chi connectivity index (χ1v) is 7.68. The van der Waals surface area contributed by atoms with E-state index in [-0.39, 0.29) is 0 Å². The zero-order valence-corrected chi connectivity index (χ0v) is 12.2. The summed E-state index contributed by atoms with van der Waals surface area (Å²) in [5, 5.41) is 0. The number of hydrogen-bond donors (Lipinski definition) is 1. The van der Waals surface area contributed by atoms with Gasteiger partial charge in [0.1, 0.15) is 0 Å². The molecule has 18 heavy (non-hydrogen) atoms. The lowest BCUT2D eigenvalue weighted by atomic mass is 10.1. The van der Waals surface area contributed by atoms with Crippen LogP contribution in [0.4, 0.5) is 0 Å². The van der Waals surface area contributed by atoms with Gasteiger partial charge in [-0.3, -0.25) is 4.79 Å². The Kier molecular flexibility index (Phi) is 7.33. The maximum absolute atomic E-state index is 12.1. The zero-order valence-electron chi connectivity index (χ0n) is 12.2. The highest BCUT2D eigenvalue weighted by Gasteiger charge is 2.30. The zero-order chi connectivity index (χ0) is 13.4. The number of likely N-dealkylation sites (tertiary alicyclic amines) is 1. The van der Waals surface area contributed by atoms with E-state index in [1.54, 1.807) is 0 Å². The Morgan fingerprint density at radius 3 is 2.50 bits per heavy atom. The third-order valence-electron chi connectivity index (χ3n) is 4.06. The minimum absolute atomic E-state index is 0.342. The number of amides is 1. The maximum Gasteiger partial charge on any atom is 0.222 e. The van der Waals surface area contributed by atoms with E-state index in [1.165, 1.54) is 32.1 Å². The second-order valence-electron chi connectivity index (χ2n) is 5.75. The molecule has 1 aliphatic heterocycles. The Morgan fingerprint density at radius 2 is 1.89 bits per heavy atom. The third kappa shape index (κ3) is 4.97. The van der Waals surface area contributed by atoms with E-state index in [1.807, 2.05) is 4.90 Å². The second-order valence-corrected chi connectivity index (χ2v) is 5.75. The van der Waals surface area contributed by atoms with Crippen molar-refractivity contribution in [2.45, 2.75) is 71.3 Å². The number of rotatable bonds is 8. The summed E-state index contributed by atoms with van der Waals surface area (Å²) in [6.45, 7) is 5.97. The average molecular weight is 254 g/mol. The van der Waals surface area contributed by atoms with E-state index in [0.29, 0.717) is 24.4 Å². The molecule has 3 nitrogen and oxygen atoms in total. The molecule has 3 heteroatoms. The summed E-state index contributed by atoms with van der Waals surface area (Å²) in [7, 11) is 0. The van der Waals surface area contributed by atoms with Crippen LogP contribution in [0.1, 0.15) is 65.2 Å². The molecule has 1 aliphatic rings. The van der Waals surface area contributed by atoms with Gasteiger partial charge in [-0.05, 0) is 32.2 Å². The molecular formula is C15H30N2O. The molecule has 0 spiro atoms. The fourth-order valence-corrected chi connectivity index (χ4v) is 2.86. The highest BCUT2D eigenvalue weighted by atomic mass is 16.2. The molecule has 2 unspecified atom stereocenters. The minimum atomic E-state index is 0.342. The molecule has 1 saturated heterocycles. The predicted molar refractivity (Wildman–Crippen MR) is 76.3 cm³/mol. The Labute approximate surface area is 112 Å². The van der Waals surface area contributed by atoms with Crippen molar-refractivity contribution in [3.63, 3.8) is 0 Å². The van der Waals surface area contributed by atoms with Gasteiger partial charge in [0.2, 0.25) is 5.91 Å². The summed E-state index contributed by atoms with van der Waals surface area (Å²) >= 11 is 0. The van der Waals surface area contributed by atoms with Crippen molar-refractivity contribution in [2.24, 2.45) is 11.7 Å². The van der Waals surface area contributed by atoms with Crippen LogP contribution < -0.4 is 5.73 Å². The third-order valence-corrected chi connectivity index (χ3v) is 4.06. The summed E-state index contributed by atoms with van der Waals surface area (Å²) in [5.74, 6) is 0.863. The van der Waals surface area contributed by atoms with E-state index in [9.17, 15) is 4.79 Å². The first-order chi connectivity index (χ1) is 8.69. The number of nitrogens with zero attached hydrogens (tertiary/aromatic N) is 1. The van der Waals surface area contributed by atoms with Crippen LogP contribution in [0, 0.1) is 5.92 Å². The number of hydrogen-bond acceptors (Lipinski definition) is 2. The summed E-state index contributed by atoms with van der Waals surface area (Å²) in [6.07, 6.45) is 9.28. The van der Waals surface area contributed by atoms with E-state index in [0.717, 1.165) is 25.8 Å². The van der Waals surface area contributed by atoms with Crippen molar-refractivity contribution < 1.29 is 4.79 Å². The Balaban J connectivity index is 2.13. The SMILES string of the molecule is CCCCCCCCC(=O)N1CC(CN)CC1C. The van der Waals surface area contributed by atoms with Crippen LogP contribution >= 0.6 is 0 Å². The first kappa shape index (κ1) is 15.5. The lowest BCUT2D eigenvalue weighted by molar-refractivity contribution is -0.131. The monoisotopic (exact) mass is 254 g/mol. The molecule has 2 atom stereocenters. The molecule has 0 bridgehead atoms. The van der Waals surface area contributed by atoms with Crippen molar-refractivity contribution in [1.82, 2.24) is 4.90 Å². The van der Waals surface area contributed by atoms with Gasteiger partial charge in [0.25, 0.3) is 0 Å². The van der Waals surface area contributed by atoms with Gasteiger partial charge in [-0.25, -0.2) is 0 Å². The van der Waals surface area contributed by atoms with Gasteiger partial charge in [-0.2, -0.15) is 0 Å². The highest BCUT2D eigenvalue weighted by Crippen LogP contribution is 2.23. The van der Waals surface area contributed by atoms with Crippen LogP contribution in [-0.4, -0.2) is 29.9 Å². The number of unbranched alkanes of at least 4 members (excludes halogenated alkanes) is 5. The first-order valence-electron chi connectivity index (χ1n) is 7.68. The number of carbonyl (C=O) groups excluding carboxylic acids is 1. The molecule has 0 aromatic heterocycles. The van der Waals surface area contributed by atoms with E-state index in [2.05, 4.69) is 13.8 Å². The normalized spacial score (nSPS) is 23.6. The summed E-state index contributed by atoms with van der Waals surface area (Å²) in [6, 6.07) is 0.395. The number of carbonyl (C=O) groups is 1. The van der Waals surface area contributed by atoms with Crippen molar-refractivity contribution >= 4 is 5.91 Å². The summed E-state index contributed by atoms with van der Waals surface area (Å²) < 4.78 is 0. The molecular weight excluding hydrogens is 224 g/mol. The van der Waals surface area contributed by atoms with Gasteiger partial charge in [0.15, 0.2) is 0 Å². The summed E-state index contributed by atoms with van der Waals surface area (Å²) in [4.78, 5) is 14.1. The molecule has 0 radical (unpaired) electrons. The maximum atomic E-state index is 12.1. The predicted octanol–water partition coefficient (Wildman–Crippen LogP) is 2.93. The van der Waals surface area contributed by atoms with Crippen LogP contribution in [0.3, 0.4) is 0 Å². The van der Waals surface area contributed by atoms with Crippen LogP contribution in [-0.2, 0) is 4.79 Å². The molecule has 0 aromatic rings. The van der Waals surface area contributed by atoms with Crippen molar-refractivity contribution in [3.05, 3.63) is 0 Å². The molecule has 1 fully saturated rings. The molecule has 1 amide bonds. The molecule has 106 valence electrons. The summed E-state index contributed by atoms with van der Waals surface area (Å²) in [5.41, 5.74) is 5.69. The average Bonchev–Trinajstić information content (AvgIpc) is 2.75. The molecule has 1 rings (SSSR count). The molecule has 2 N–H and O–H groups in total. The topological polar surface area (TPSA) is 46.3 Å². The van der Waals surface area contributed by atoms with Crippen molar-refractivity contribution in [2.75, 3.05) is 13.1 Å². The largest absolute Gasteiger partial charge is 0.340 e. The van der Waals surface area contributed by atoms with Crippen molar-refractivity contribution in [3.8, 4) is 0 Å². The molecule has 0 aliphatic carbocycles. The van der Waals surface area contributed by atoms with E-state index < -0.39 is 0 Å². The molecule has 1 heterocycles. The Hall–Kier alpha value is -0.570. The lowest BCUT2D eigenvalue weighted by Crippen LogP contribution is -2.34. The fraction of sp³-hybridized carbons (Fsp3) is 0.933. The number of nitrogens with two attached hydrogens (primary N) is 1. The molecule has 0 saturated carbocycles. The molecule has 0 aromatic carbocycles. The Morgan fingerprint density at radius 1 is 1.22 bits per heavy atom. The van der Waals surface area contributed by atoms with Crippen LogP contribution in [0.25, 0.3) is 0 Å². The smallest absolute Gasteiger partial charge is 0.222 e. The van der Waals surface area contributed by atoms with Gasteiger partial charge in [-0.1, -0.05) is 39.0 Å². The van der Waals surface area contributed by atoms with E-state index >= 15 is 0 Å². The van der Waals surface area contributed by atoms with Crippen LogP contribution in [0.2, 0.25) is 0 Å². The van der Waals surface area contributed by atoms with Gasteiger partial charge < -0.3 is 10.6 Å². The fourth-order valence-electron chi connectivity index (χ4n) is 2.86. The highest BCUT2D eigenvalue weighted by molar-refractivity contribution is 5.76. The van der Waals surface area contributed by atoms with Crippen LogP contribution in [0.5, 0.6) is 0 Å². The van der Waals surface area contributed by atoms with Gasteiger partial charge in [-0.15, -0.1) is 0 Å². The lowest BCUT2D eigenvalue weighted by Gasteiger charge is -2.21.